The zero-order valence-corrected chi connectivity index (χ0v) is 12.3. The lowest BCUT2D eigenvalue weighted by Crippen LogP contribution is -2.23. The Kier molecular flexibility index (Phi) is 3.67. The Bertz CT molecular complexity index is 721. The van der Waals surface area contributed by atoms with Gasteiger partial charge in [0.05, 0.1) is 12.5 Å². The van der Waals surface area contributed by atoms with E-state index in [-0.39, 0.29) is 5.91 Å². The summed E-state index contributed by atoms with van der Waals surface area (Å²) in [5.41, 5.74) is 3.32. The second-order valence-electron chi connectivity index (χ2n) is 5.44. The molecule has 22 heavy (non-hydrogen) atoms. The number of carboxylic acids is 1. The summed E-state index contributed by atoms with van der Waals surface area (Å²) in [6, 6.07) is 14.8. The van der Waals surface area contributed by atoms with E-state index in [1.54, 1.807) is 17.0 Å². The average molecular weight is 295 g/mol. The van der Waals surface area contributed by atoms with Gasteiger partial charge in [0.25, 0.3) is 5.91 Å². The second kappa shape index (κ2) is 5.64. The lowest BCUT2D eigenvalue weighted by Gasteiger charge is -2.17. The van der Waals surface area contributed by atoms with Crippen molar-refractivity contribution in [3.63, 3.8) is 0 Å². The second-order valence-corrected chi connectivity index (χ2v) is 5.44. The van der Waals surface area contributed by atoms with Crippen LogP contribution < -0.4 is 4.90 Å². The lowest BCUT2D eigenvalue weighted by atomic mass is 9.96. The van der Waals surface area contributed by atoms with Crippen molar-refractivity contribution in [1.82, 2.24) is 0 Å². The van der Waals surface area contributed by atoms with Crippen LogP contribution in [0.3, 0.4) is 0 Å². The highest BCUT2D eigenvalue weighted by molar-refractivity contribution is 6.09. The summed E-state index contributed by atoms with van der Waals surface area (Å²) in [5.74, 6) is -1.32. The fraction of sp³-hybridized carbons (Fsp3) is 0.222. The molecular formula is C18H17NO3. The summed E-state index contributed by atoms with van der Waals surface area (Å²) in [5, 5.41) is 9.20. The van der Waals surface area contributed by atoms with E-state index >= 15 is 0 Å². The predicted molar refractivity (Wildman–Crippen MR) is 84.1 cm³/mol. The molecule has 1 atom stereocenters. The van der Waals surface area contributed by atoms with Crippen LogP contribution >= 0.6 is 0 Å². The number of anilines is 1. The quantitative estimate of drug-likeness (QED) is 0.940. The maximum Gasteiger partial charge on any atom is 0.310 e. The van der Waals surface area contributed by atoms with Gasteiger partial charge in [-0.05, 0) is 35.7 Å². The highest BCUT2D eigenvalue weighted by Gasteiger charge is 2.28. The maximum atomic E-state index is 12.4. The zero-order valence-electron chi connectivity index (χ0n) is 12.3. The van der Waals surface area contributed by atoms with Crippen molar-refractivity contribution in [1.29, 1.82) is 0 Å². The zero-order chi connectivity index (χ0) is 15.7. The fourth-order valence-corrected chi connectivity index (χ4v) is 2.90. The Morgan fingerprint density at radius 3 is 2.45 bits per heavy atom. The summed E-state index contributed by atoms with van der Waals surface area (Å²) >= 11 is 0. The van der Waals surface area contributed by atoms with E-state index in [0.29, 0.717) is 13.0 Å². The molecule has 0 bridgehead atoms. The smallest absolute Gasteiger partial charge is 0.310 e. The summed E-state index contributed by atoms with van der Waals surface area (Å²) in [6.07, 6.45) is 0.544. The molecule has 112 valence electrons. The van der Waals surface area contributed by atoms with Crippen LogP contribution in [0, 0.1) is 0 Å². The van der Waals surface area contributed by atoms with Crippen molar-refractivity contribution in [3.05, 3.63) is 65.2 Å². The molecular weight excluding hydrogens is 278 g/mol. The summed E-state index contributed by atoms with van der Waals surface area (Å²) in [7, 11) is 0. The molecule has 1 unspecified atom stereocenters. The van der Waals surface area contributed by atoms with E-state index in [2.05, 4.69) is 0 Å². The largest absolute Gasteiger partial charge is 0.481 e. The minimum atomic E-state index is -0.820. The third kappa shape index (κ3) is 2.37. The first-order valence-electron chi connectivity index (χ1n) is 7.34. The highest BCUT2D eigenvalue weighted by atomic mass is 16.4. The van der Waals surface area contributed by atoms with Gasteiger partial charge in [0.2, 0.25) is 0 Å². The van der Waals surface area contributed by atoms with Gasteiger partial charge in [-0.1, -0.05) is 37.3 Å². The fourth-order valence-electron chi connectivity index (χ4n) is 2.90. The lowest BCUT2D eigenvalue weighted by molar-refractivity contribution is -0.138. The van der Waals surface area contributed by atoms with Crippen molar-refractivity contribution < 1.29 is 14.7 Å². The van der Waals surface area contributed by atoms with E-state index < -0.39 is 11.9 Å². The van der Waals surface area contributed by atoms with Crippen molar-refractivity contribution in [2.24, 2.45) is 0 Å². The van der Waals surface area contributed by atoms with Gasteiger partial charge >= 0.3 is 5.97 Å². The number of nitrogens with zero attached hydrogens (tertiary/aromatic N) is 1. The van der Waals surface area contributed by atoms with Gasteiger partial charge in [0.15, 0.2) is 0 Å². The molecule has 1 aliphatic rings. The number of carboxylic acid groups (broad SMARTS) is 1. The first-order chi connectivity index (χ1) is 10.6. The van der Waals surface area contributed by atoms with E-state index in [9.17, 15) is 14.7 Å². The maximum absolute atomic E-state index is 12.4. The van der Waals surface area contributed by atoms with Gasteiger partial charge in [-0.25, -0.2) is 0 Å². The molecule has 4 heteroatoms. The molecule has 0 fully saturated rings. The predicted octanol–water partition coefficient (Wildman–Crippen LogP) is 3.43. The molecule has 2 aromatic carbocycles. The van der Waals surface area contributed by atoms with Crippen LogP contribution in [0.15, 0.2) is 48.5 Å². The van der Waals surface area contributed by atoms with Gasteiger partial charge in [0, 0.05) is 11.3 Å². The van der Waals surface area contributed by atoms with Gasteiger partial charge in [-0.3, -0.25) is 9.59 Å². The van der Waals surface area contributed by atoms with Crippen LogP contribution in [0.5, 0.6) is 0 Å². The number of fused-ring (bicyclic) bond motifs is 1. The average Bonchev–Trinajstić information content (AvgIpc) is 2.86. The minimum absolute atomic E-state index is 0.00590. The van der Waals surface area contributed by atoms with Gasteiger partial charge in [-0.2, -0.15) is 0 Å². The summed E-state index contributed by atoms with van der Waals surface area (Å²) in [6.45, 7) is 2.41. The van der Waals surface area contributed by atoms with E-state index in [4.69, 9.17) is 0 Å². The first kappa shape index (κ1) is 14.3. The third-order valence-corrected chi connectivity index (χ3v) is 4.13. The molecule has 0 spiro atoms. The number of carbonyl (C=O) groups excluding carboxylic acids is 1. The number of amides is 1. The van der Waals surface area contributed by atoms with Gasteiger partial charge < -0.3 is 10.0 Å². The number of hydrogen-bond acceptors (Lipinski definition) is 2. The van der Waals surface area contributed by atoms with E-state index in [1.807, 2.05) is 43.3 Å². The molecule has 1 N–H and O–H groups in total. The highest BCUT2D eigenvalue weighted by Crippen LogP contribution is 2.29. The molecule has 0 saturated heterocycles. The number of hydrogen-bond donors (Lipinski definition) is 1. The molecule has 1 aliphatic heterocycles. The Morgan fingerprint density at radius 1 is 1.18 bits per heavy atom. The molecule has 0 radical (unpaired) electrons. The number of carbonyl (C=O) groups is 2. The Hall–Kier alpha value is -2.62. The molecule has 0 aromatic heterocycles. The Labute approximate surface area is 129 Å². The van der Waals surface area contributed by atoms with Gasteiger partial charge in [0.1, 0.15) is 0 Å². The third-order valence-electron chi connectivity index (χ3n) is 4.13. The molecule has 1 amide bonds. The van der Waals surface area contributed by atoms with Crippen LogP contribution in [0.4, 0.5) is 5.69 Å². The monoisotopic (exact) mass is 295 g/mol. The molecule has 4 nitrogen and oxygen atoms in total. The topological polar surface area (TPSA) is 57.6 Å². The van der Waals surface area contributed by atoms with E-state index in [1.165, 1.54) is 0 Å². The first-order valence-corrected chi connectivity index (χ1v) is 7.34. The Morgan fingerprint density at radius 2 is 1.86 bits per heavy atom. The van der Waals surface area contributed by atoms with Crippen LogP contribution in [-0.2, 0) is 11.3 Å². The minimum Gasteiger partial charge on any atom is -0.481 e. The number of benzene rings is 2. The van der Waals surface area contributed by atoms with Crippen molar-refractivity contribution in [2.75, 3.05) is 4.90 Å². The Balaban J connectivity index is 1.86. The van der Waals surface area contributed by atoms with Crippen LogP contribution in [-0.4, -0.2) is 17.0 Å². The molecule has 1 heterocycles. The number of aliphatic carboxylic acids is 1. The van der Waals surface area contributed by atoms with Crippen LogP contribution in [0.1, 0.15) is 40.7 Å². The van der Waals surface area contributed by atoms with Crippen molar-refractivity contribution in [2.45, 2.75) is 25.8 Å². The summed E-state index contributed by atoms with van der Waals surface area (Å²) in [4.78, 5) is 25.3. The molecule has 0 aliphatic carbocycles. The van der Waals surface area contributed by atoms with Crippen LogP contribution in [0.2, 0.25) is 0 Å². The van der Waals surface area contributed by atoms with Gasteiger partial charge in [-0.15, -0.1) is 0 Å². The SMILES string of the molecule is CCC(C(=O)O)c1ccc(N2Cc3ccccc3C2=O)cc1. The summed E-state index contributed by atoms with van der Waals surface area (Å²) < 4.78 is 0. The van der Waals surface area contributed by atoms with E-state index in [0.717, 1.165) is 22.4 Å². The normalized spacial score (nSPS) is 14.8. The number of rotatable bonds is 4. The molecule has 0 saturated carbocycles. The molecule has 2 aromatic rings. The van der Waals surface area contributed by atoms with Crippen LogP contribution in [0.25, 0.3) is 0 Å². The standard InChI is InChI=1S/C18H17NO3/c1-2-15(18(21)22)12-7-9-14(10-8-12)19-11-13-5-3-4-6-16(13)17(19)20/h3-10,15H,2,11H2,1H3,(H,21,22). The van der Waals surface area contributed by atoms with Crippen molar-refractivity contribution >= 4 is 17.6 Å². The van der Waals surface area contributed by atoms with Crippen molar-refractivity contribution in [3.8, 4) is 0 Å². The molecule has 3 rings (SSSR count).